The van der Waals surface area contributed by atoms with Crippen LogP contribution in [0, 0.1) is 5.41 Å². The molecule has 2 aromatic carbocycles. The maximum atomic E-state index is 12.5. The molecule has 2 aromatic rings. The van der Waals surface area contributed by atoms with Crippen molar-refractivity contribution in [3.05, 3.63) is 48.0 Å². The van der Waals surface area contributed by atoms with Gasteiger partial charge in [-0.15, -0.1) is 0 Å². The molecule has 7 heteroatoms. The normalized spacial score (nSPS) is 16.6. The van der Waals surface area contributed by atoms with Crippen LogP contribution in [0.4, 0.5) is 0 Å². The fourth-order valence-electron chi connectivity index (χ4n) is 3.54. The molecule has 3 rings (SSSR count). The number of fused-ring (bicyclic) bond motifs is 1. The molecule has 6 nitrogen and oxygen atoms in total. The Balaban J connectivity index is 1.76. The Morgan fingerprint density at radius 2 is 1.81 bits per heavy atom. The summed E-state index contributed by atoms with van der Waals surface area (Å²) in [4.78, 5) is 23.8. The summed E-state index contributed by atoms with van der Waals surface area (Å²) >= 11 is 0. The zero-order valence-corrected chi connectivity index (χ0v) is 16.0. The van der Waals surface area contributed by atoms with Gasteiger partial charge < -0.3 is 10.4 Å². The van der Waals surface area contributed by atoms with Gasteiger partial charge >= 0.3 is 5.97 Å². The average Bonchev–Trinajstić information content (AvgIpc) is 3.30. The minimum Gasteiger partial charge on any atom is -0.481 e. The van der Waals surface area contributed by atoms with Crippen LogP contribution in [-0.2, 0) is 19.4 Å². The van der Waals surface area contributed by atoms with Gasteiger partial charge in [-0.1, -0.05) is 36.4 Å². The molecular formula is C20H23NO5S. The summed E-state index contributed by atoms with van der Waals surface area (Å²) in [6, 6.07) is 12.7. The second-order valence-corrected chi connectivity index (χ2v) is 9.71. The number of hydrogen-bond donors (Lipinski definition) is 2. The molecule has 0 spiro atoms. The summed E-state index contributed by atoms with van der Waals surface area (Å²) in [6.45, 7) is 0. The van der Waals surface area contributed by atoms with E-state index in [-0.39, 0.29) is 24.5 Å². The van der Waals surface area contributed by atoms with Gasteiger partial charge in [-0.25, -0.2) is 8.42 Å². The summed E-state index contributed by atoms with van der Waals surface area (Å²) in [5.41, 5.74) is 0.229. The minimum absolute atomic E-state index is 0.00695. The molecule has 0 radical (unpaired) electrons. The van der Waals surface area contributed by atoms with E-state index in [1.54, 1.807) is 0 Å². The molecule has 0 aromatic heterocycles. The predicted octanol–water partition coefficient (Wildman–Crippen LogP) is 2.69. The molecule has 0 unspecified atom stereocenters. The molecule has 2 N–H and O–H groups in total. The summed E-state index contributed by atoms with van der Waals surface area (Å²) in [6.07, 6.45) is 2.44. The van der Waals surface area contributed by atoms with E-state index in [9.17, 15) is 23.1 Å². The number of carboxylic acids is 1. The first-order valence-corrected chi connectivity index (χ1v) is 10.9. The number of nitrogens with one attached hydrogen (secondary N) is 1. The highest BCUT2D eigenvalue weighted by molar-refractivity contribution is 7.90. The van der Waals surface area contributed by atoms with E-state index in [2.05, 4.69) is 5.32 Å². The van der Waals surface area contributed by atoms with Crippen molar-refractivity contribution in [2.75, 3.05) is 12.0 Å². The third-order valence-corrected chi connectivity index (χ3v) is 6.09. The van der Waals surface area contributed by atoms with Crippen molar-refractivity contribution in [3.8, 4) is 0 Å². The molecule has 1 amide bonds. The molecule has 0 aliphatic heterocycles. The first-order valence-electron chi connectivity index (χ1n) is 8.83. The Kier molecular flexibility index (Phi) is 5.24. The van der Waals surface area contributed by atoms with Crippen LogP contribution < -0.4 is 5.32 Å². The molecular weight excluding hydrogens is 366 g/mol. The number of benzene rings is 2. The zero-order chi connectivity index (χ0) is 19.7. The Labute approximate surface area is 158 Å². The Morgan fingerprint density at radius 1 is 1.15 bits per heavy atom. The number of amides is 1. The lowest BCUT2D eigenvalue weighted by atomic mass is 9.98. The summed E-state index contributed by atoms with van der Waals surface area (Å²) in [5.74, 6) is -1.33. The van der Waals surface area contributed by atoms with Crippen molar-refractivity contribution in [3.63, 3.8) is 0 Å². The van der Waals surface area contributed by atoms with Crippen LogP contribution >= 0.6 is 0 Å². The van der Waals surface area contributed by atoms with Crippen molar-refractivity contribution >= 4 is 32.5 Å². The third-order valence-electron chi connectivity index (χ3n) is 4.95. The van der Waals surface area contributed by atoms with E-state index in [0.717, 1.165) is 16.3 Å². The fourth-order valence-corrected chi connectivity index (χ4v) is 5.05. The van der Waals surface area contributed by atoms with Crippen molar-refractivity contribution in [2.45, 2.75) is 31.7 Å². The second kappa shape index (κ2) is 7.31. The lowest BCUT2D eigenvalue weighted by Gasteiger charge is -2.20. The molecule has 144 valence electrons. The van der Waals surface area contributed by atoms with E-state index in [0.29, 0.717) is 12.8 Å². The molecule has 1 atom stereocenters. The lowest BCUT2D eigenvalue weighted by Crippen LogP contribution is -2.33. The van der Waals surface area contributed by atoms with Crippen molar-refractivity contribution < 1.29 is 23.1 Å². The standard InChI is InChI=1S/C20H23NO5S/c1-27(25,26)13-20(8-9-20)12-18(22)21-17(11-19(23)24)16-7-6-14-4-2-3-5-15(14)10-16/h2-7,10,17H,8-9,11-13H2,1H3,(H,21,22)(H,23,24)/t17-/m0/s1. The van der Waals surface area contributed by atoms with Crippen LogP contribution in [0.3, 0.4) is 0 Å². The fraction of sp³-hybridized carbons (Fsp3) is 0.400. The highest BCUT2D eigenvalue weighted by atomic mass is 32.2. The molecule has 1 saturated carbocycles. The van der Waals surface area contributed by atoms with Crippen molar-refractivity contribution in [1.82, 2.24) is 5.32 Å². The number of carbonyl (C=O) groups is 2. The third kappa shape index (κ3) is 5.29. The number of carbonyl (C=O) groups excluding carboxylic acids is 1. The second-order valence-electron chi connectivity index (χ2n) is 7.57. The molecule has 0 bridgehead atoms. The number of hydrogen-bond acceptors (Lipinski definition) is 4. The van der Waals surface area contributed by atoms with Gasteiger partial charge in [0.15, 0.2) is 0 Å². The van der Waals surface area contributed by atoms with E-state index < -0.39 is 27.3 Å². The quantitative estimate of drug-likeness (QED) is 0.723. The molecule has 27 heavy (non-hydrogen) atoms. The Morgan fingerprint density at radius 3 is 2.41 bits per heavy atom. The molecule has 1 aliphatic carbocycles. The number of carboxylic acid groups (broad SMARTS) is 1. The van der Waals surface area contributed by atoms with Crippen LogP contribution in [0.25, 0.3) is 10.8 Å². The topological polar surface area (TPSA) is 101 Å². The maximum absolute atomic E-state index is 12.5. The first-order chi connectivity index (χ1) is 12.7. The van der Waals surface area contributed by atoms with Gasteiger partial charge in [0.25, 0.3) is 0 Å². The van der Waals surface area contributed by atoms with Gasteiger partial charge in [-0.3, -0.25) is 9.59 Å². The number of aliphatic carboxylic acids is 1. The van der Waals surface area contributed by atoms with E-state index in [1.807, 2.05) is 42.5 Å². The summed E-state index contributed by atoms with van der Waals surface area (Å²) in [5, 5.41) is 14.0. The predicted molar refractivity (Wildman–Crippen MR) is 103 cm³/mol. The summed E-state index contributed by atoms with van der Waals surface area (Å²) in [7, 11) is -3.16. The Hall–Kier alpha value is -2.41. The smallest absolute Gasteiger partial charge is 0.305 e. The Bertz CT molecular complexity index is 979. The molecule has 0 heterocycles. The highest BCUT2D eigenvalue weighted by Gasteiger charge is 2.46. The molecule has 1 aliphatic rings. The van der Waals surface area contributed by atoms with Crippen LogP contribution in [0.5, 0.6) is 0 Å². The van der Waals surface area contributed by atoms with Crippen LogP contribution in [0.2, 0.25) is 0 Å². The van der Waals surface area contributed by atoms with Gasteiger partial charge in [0.2, 0.25) is 5.91 Å². The zero-order valence-electron chi connectivity index (χ0n) is 15.1. The van der Waals surface area contributed by atoms with Crippen LogP contribution in [0.15, 0.2) is 42.5 Å². The highest BCUT2D eigenvalue weighted by Crippen LogP contribution is 2.49. The van der Waals surface area contributed by atoms with E-state index in [1.165, 1.54) is 6.26 Å². The average molecular weight is 389 g/mol. The lowest BCUT2D eigenvalue weighted by molar-refractivity contribution is -0.137. The monoisotopic (exact) mass is 389 g/mol. The number of rotatable bonds is 8. The van der Waals surface area contributed by atoms with E-state index >= 15 is 0 Å². The number of sulfone groups is 1. The minimum atomic E-state index is -3.16. The molecule has 0 saturated heterocycles. The first kappa shape index (κ1) is 19.4. The SMILES string of the molecule is CS(=O)(=O)CC1(CC(=O)N[C@@H](CC(=O)O)c2ccc3ccccc3c2)CC1. The van der Waals surface area contributed by atoms with Gasteiger partial charge in [0.05, 0.1) is 18.2 Å². The van der Waals surface area contributed by atoms with Gasteiger partial charge in [-0.2, -0.15) is 0 Å². The van der Waals surface area contributed by atoms with Gasteiger partial charge in [-0.05, 0) is 40.7 Å². The van der Waals surface area contributed by atoms with Gasteiger partial charge in [0.1, 0.15) is 9.84 Å². The van der Waals surface area contributed by atoms with Crippen LogP contribution in [0.1, 0.15) is 37.3 Å². The van der Waals surface area contributed by atoms with Crippen molar-refractivity contribution in [1.29, 1.82) is 0 Å². The largest absolute Gasteiger partial charge is 0.481 e. The maximum Gasteiger partial charge on any atom is 0.305 e. The van der Waals surface area contributed by atoms with Crippen molar-refractivity contribution in [2.24, 2.45) is 5.41 Å². The van der Waals surface area contributed by atoms with E-state index in [4.69, 9.17) is 0 Å². The van der Waals surface area contributed by atoms with Crippen LogP contribution in [-0.4, -0.2) is 37.4 Å². The molecule has 1 fully saturated rings. The summed E-state index contributed by atoms with van der Waals surface area (Å²) < 4.78 is 23.1. The van der Waals surface area contributed by atoms with Gasteiger partial charge in [0, 0.05) is 12.7 Å².